The predicted molar refractivity (Wildman–Crippen MR) is 84.4 cm³/mol. The molecule has 1 aromatic rings. The van der Waals surface area contributed by atoms with Gasteiger partial charge >= 0.3 is 5.97 Å². The Kier molecular flexibility index (Phi) is 4.28. The number of hydrogen-bond donors (Lipinski definition) is 2. The van der Waals surface area contributed by atoms with Crippen molar-refractivity contribution in [1.29, 1.82) is 0 Å². The summed E-state index contributed by atoms with van der Waals surface area (Å²) in [6, 6.07) is 6.62. The van der Waals surface area contributed by atoms with Gasteiger partial charge in [0.2, 0.25) is 5.54 Å². The van der Waals surface area contributed by atoms with Crippen molar-refractivity contribution in [3.05, 3.63) is 47.4 Å². The van der Waals surface area contributed by atoms with Crippen LogP contribution in [0.5, 0.6) is 0 Å². The van der Waals surface area contributed by atoms with Gasteiger partial charge in [-0.2, -0.15) is 0 Å². The van der Waals surface area contributed by atoms with Gasteiger partial charge in [0.1, 0.15) is 12.7 Å². The molecule has 1 amide bonds. The number of rotatable bonds is 5. The van der Waals surface area contributed by atoms with Gasteiger partial charge in [0.05, 0.1) is 23.9 Å². The first-order valence-electron chi connectivity index (χ1n) is 7.63. The first-order valence-corrected chi connectivity index (χ1v) is 7.63. The molecule has 3 rings (SSSR count). The van der Waals surface area contributed by atoms with Crippen LogP contribution < -0.4 is 10.3 Å². The molecule has 0 aliphatic carbocycles. The number of aliphatic hydroxyl groups excluding tert-OH is 1. The summed E-state index contributed by atoms with van der Waals surface area (Å²) in [5.41, 5.74) is 1.67. The topological polar surface area (TPSA) is 121 Å². The fraction of sp³-hybridized carbons (Fsp3) is 0.333. The Hall–Kier alpha value is -3.14. The Morgan fingerprint density at radius 3 is 2.92 bits per heavy atom. The summed E-state index contributed by atoms with van der Waals surface area (Å²) in [6.45, 7) is 0.818. The van der Waals surface area contributed by atoms with Crippen molar-refractivity contribution in [1.82, 2.24) is 10.5 Å². The molecule has 1 aromatic carbocycles. The maximum Gasteiger partial charge on any atom is 0.326 e. The normalized spacial score (nSPS) is 21.7. The zero-order chi connectivity index (χ0) is 18.0. The third-order valence-electron chi connectivity index (χ3n) is 4.03. The Labute approximate surface area is 143 Å². The van der Waals surface area contributed by atoms with Gasteiger partial charge in [0.15, 0.2) is 0 Å². The molecule has 0 radical (unpaired) electrons. The maximum atomic E-state index is 13.1. The van der Waals surface area contributed by atoms with Crippen molar-refractivity contribution in [3.63, 3.8) is 0 Å². The number of hydrogen-bond acceptors (Lipinski definition) is 8. The summed E-state index contributed by atoms with van der Waals surface area (Å²) in [5, 5.41) is 26.7. The van der Waals surface area contributed by atoms with Gasteiger partial charge in [-0.3, -0.25) is 19.9 Å². The highest BCUT2D eigenvalue weighted by atomic mass is 16.6. The van der Waals surface area contributed by atoms with Crippen LogP contribution in [0.15, 0.2) is 41.8 Å². The van der Waals surface area contributed by atoms with Crippen LogP contribution in [0.3, 0.4) is 0 Å². The molecule has 0 saturated carbocycles. The fourth-order valence-electron chi connectivity index (χ4n) is 2.98. The van der Waals surface area contributed by atoms with E-state index in [1.165, 1.54) is 17.3 Å². The van der Waals surface area contributed by atoms with Crippen LogP contribution in [0.2, 0.25) is 0 Å². The molecule has 0 saturated heterocycles. The first kappa shape index (κ1) is 16.7. The number of benzene rings is 1. The molecule has 0 fully saturated rings. The molecule has 0 bridgehead atoms. The number of nitrogens with zero attached hydrogens (tertiary/aromatic N) is 4. The highest BCUT2D eigenvalue weighted by Gasteiger charge is 2.60. The van der Waals surface area contributed by atoms with Crippen molar-refractivity contribution in [2.24, 2.45) is 5.11 Å². The van der Waals surface area contributed by atoms with Crippen molar-refractivity contribution >= 4 is 17.6 Å². The van der Waals surface area contributed by atoms with Crippen LogP contribution in [0, 0.1) is 5.21 Å². The highest BCUT2D eigenvalue weighted by Crippen LogP contribution is 2.43. The zero-order valence-corrected chi connectivity index (χ0v) is 13.5. The number of carbonyl (C=O) groups is 2. The number of anilines is 1. The quantitative estimate of drug-likeness (QED) is 0.435. The molecule has 2 aliphatic heterocycles. The molecule has 0 spiro atoms. The molecule has 0 aromatic heterocycles. The van der Waals surface area contributed by atoms with E-state index in [-0.39, 0.29) is 18.1 Å². The summed E-state index contributed by atoms with van der Waals surface area (Å²) < 4.78 is 4.91. The van der Waals surface area contributed by atoms with Crippen molar-refractivity contribution in [2.75, 3.05) is 24.7 Å². The molecule has 132 valence electrons. The number of hydrazine groups is 2. The molecular formula is C15H17N5O5. The molecule has 10 heteroatoms. The van der Waals surface area contributed by atoms with Crippen LogP contribution in [0.1, 0.15) is 12.5 Å². The molecule has 2 heterocycles. The minimum absolute atomic E-state index is 0.179. The van der Waals surface area contributed by atoms with Gasteiger partial charge in [0.25, 0.3) is 5.91 Å². The van der Waals surface area contributed by atoms with E-state index in [9.17, 15) is 19.9 Å². The second-order valence-electron chi connectivity index (χ2n) is 5.36. The number of carbonyl (C=O) groups excluding carboxylic acids is 2. The van der Waals surface area contributed by atoms with E-state index in [2.05, 4.69) is 10.5 Å². The lowest BCUT2D eigenvalue weighted by Crippen LogP contribution is -2.62. The average Bonchev–Trinajstić information content (AvgIpc) is 2.85. The maximum absolute atomic E-state index is 13.1. The minimum Gasteiger partial charge on any atom is -0.570 e. The average molecular weight is 347 g/mol. The molecule has 2 N–H and O–H groups in total. The van der Waals surface area contributed by atoms with E-state index in [4.69, 9.17) is 4.74 Å². The largest absolute Gasteiger partial charge is 0.570 e. The van der Waals surface area contributed by atoms with Crippen LogP contribution in [0.25, 0.3) is 0 Å². The molecule has 1 unspecified atom stereocenters. The van der Waals surface area contributed by atoms with Crippen LogP contribution in [0.4, 0.5) is 5.69 Å². The molecule has 1 atom stereocenters. The third-order valence-corrected chi connectivity index (χ3v) is 4.03. The van der Waals surface area contributed by atoms with Gasteiger partial charge in [0, 0.05) is 16.9 Å². The van der Waals surface area contributed by atoms with Crippen molar-refractivity contribution in [3.8, 4) is 0 Å². The SMILES string of the molecule is CCOC(=O)CN1C(=O)C(CO)(N2NC=CN=[N+]2[O-])c2ccccc21. The van der Waals surface area contributed by atoms with Crippen LogP contribution in [-0.2, 0) is 19.9 Å². The third kappa shape index (κ3) is 2.47. The monoisotopic (exact) mass is 347 g/mol. The smallest absolute Gasteiger partial charge is 0.326 e. The number of ether oxygens (including phenoxy) is 1. The van der Waals surface area contributed by atoms with Crippen molar-refractivity contribution in [2.45, 2.75) is 12.5 Å². The van der Waals surface area contributed by atoms with Gasteiger partial charge in [-0.05, 0) is 18.1 Å². The summed E-state index contributed by atoms with van der Waals surface area (Å²) in [5.74, 6) is -1.22. The van der Waals surface area contributed by atoms with E-state index in [0.29, 0.717) is 11.3 Å². The van der Waals surface area contributed by atoms with E-state index in [1.54, 1.807) is 31.2 Å². The van der Waals surface area contributed by atoms with E-state index >= 15 is 0 Å². The van der Waals surface area contributed by atoms with E-state index in [0.717, 1.165) is 5.12 Å². The summed E-state index contributed by atoms with van der Waals surface area (Å²) in [4.78, 5) is 26.4. The Bertz CT molecular complexity index is 764. The number of nitrogens with one attached hydrogen (secondary N) is 1. The summed E-state index contributed by atoms with van der Waals surface area (Å²) >= 11 is 0. The number of aliphatic hydroxyl groups is 1. The van der Waals surface area contributed by atoms with Gasteiger partial charge < -0.3 is 15.1 Å². The number of esters is 1. The fourth-order valence-corrected chi connectivity index (χ4v) is 2.98. The second kappa shape index (κ2) is 6.40. The van der Waals surface area contributed by atoms with E-state index < -0.39 is 24.0 Å². The lowest BCUT2D eigenvalue weighted by molar-refractivity contribution is -0.721. The van der Waals surface area contributed by atoms with Gasteiger partial charge in [-0.1, -0.05) is 18.2 Å². The molecular weight excluding hydrogens is 330 g/mol. The number of amides is 1. The molecule has 2 aliphatic rings. The summed E-state index contributed by atoms with van der Waals surface area (Å²) in [7, 11) is 0. The second-order valence-corrected chi connectivity index (χ2v) is 5.36. The van der Waals surface area contributed by atoms with Gasteiger partial charge in [-0.15, -0.1) is 0 Å². The van der Waals surface area contributed by atoms with Crippen LogP contribution in [-0.4, -0.2) is 46.8 Å². The molecule has 10 nitrogen and oxygen atoms in total. The Morgan fingerprint density at radius 2 is 2.24 bits per heavy atom. The lowest BCUT2D eigenvalue weighted by atomic mass is 9.92. The van der Waals surface area contributed by atoms with Gasteiger partial charge in [-0.25, -0.2) is 0 Å². The van der Waals surface area contributed by atoms with Crippen molar-refractivity contribution < 1.29 is 24.4 Å². The Morgan fingerprint density at radius 1 is 1.48 bits per heavy atom. The minimum atomic E-state index is -1.75. The first-order chi connectivity index (χ1) is 12.1. The van der Waals surface area contributed by atoms with E-state index in [1.807, 2.05) is 0 Å². The standard InChI is InChI=1S/C15H17N5O5/c1-2-25-13(22)9-18-12-6-4-3-5-11(12)15(10-21,14(18)23)19-16-7-8-17-20(19)24/h3-8,16,21H,2,9-10H2,1H3. The Balaban J connectivity index is 2.08. The lowest BCUT2D eigenvalue weighted by Gasteiger charge is -2.34. The highest BCUT2D eigenvalue weighted by molar-refractivity contribution is 6.10. The van der Waals surface area contributed by atoms with Crippen LogP contribution >= 0.6 is 0 Å². The number of fused-ring (bicyclic) bond motifs is 1. The number of para-hydroxylation sites is 1. The summed E-state index contributed by atoms with van der Waals surface area (Å²) in [6.07, 6.45) is 2.58. The zero-order valence-electron chi connectivity index (χ0n) is 13.5. The molecule has 25 heavy (non-hydrogen) atoms. The predicted octanol–water partition coefficient (Wildman–Crippen LogP) is -0.0472.